The fourth-order valence-electron chi connectivity index (χ4n) is 3.92. The Morgan fingerprint density at radius 1 is 1.14 bits per heavy atom. The van der Waals surface area contributed by atoms with Gasteiger partial charge in [0.25, 0.3) is 5.91 Å². The van der Waals surface area contributed by atoms with Crippen LogP contribution in [0.3, 0.4) is 0 Å². The van der Waals surface area contributed by atoms with Crippen LogP contribution in [0.15, 0.2) is 24.3 Å². The molecule has 0 spiro atoms. The van der Waals surface area contributed by atoms with Crippen LogP contribution in [0, 0.1) is 11.8 Å². The third-order valence-electron chi connectivity index (χ3n) is 5.85. The standard InChI is InChI=1S/C21H32N4O2.2ClH/c1-16(18-4-3-9-22-15-18)14-20(26)23-19-7-5-17(6-8-19)21(27)25-12-10-24(2)11-13-25;;/h5-8,16,18,22H,3-4,9-15H2,1-2H3,(H,23,26);2*1H. The minimum absolute atomic E-state index is 0. The number of hydrogen-bond donors (Lipinski definition) is 2. The number of halogens is 2. The van der Waals surface area contributed by atoms with Crippen molar-refractivity contribution >= 4 is 42.3 Å². The van der Waals surface area contributed by atoms with E-state index in [1.54, 1.807) is 0 Å². The van der Waals surface area contributed by atoms with Gasteiger partial charge >= 0.3 is 0 Å². The second-order valence-electron chi connectivity index (χ2n) is 8.01. The fourth-order valence-corrected chi connectivity index (χ4v) is 3.92. The summed E-state index contributed by atoms with van der Waals surface area (Å²) in [5.74, 6) is 1.06. The van der Waals surface area contributed by atoms with Gasteiger partial charge in [-0.15, -0.1) is 24.8 Å². The van der Waals surface area contributed by atoms with Gasteiger partial charge in [0.05, 0.1) is 0 Å². The first-order valence-corrected chi connectivity index (χ1v) is 10.1. The van der Waals surface area contributed by atoms with E-state index in [4.69, 9.17) is 0 Å². The summed E-state index contributed by atoms with van der Waals surface area (Å²) in [7, 11) is 2.07. The van der Waals surface area contributed by atoms with E-state index in [9.17, 15) is 9.59 Å². The lowest BCUT2D eigenvalue weighted by molar-refractivity contribution is -0.117. The number of likely N-dealkylation sites (N-methyl/N-ethyl adjacent to an activating group) is 1. The number of rotatable bonds is 5. The van der Waals surface area contributed by atoms with Crippen molar-refractivity contribution < 1.29 is 9.59 Å². The Labute approximate surface area is 186 Å². The van der Waals surface area contributed by atoms with Crippen molar-refractivity contribution in [3.8, 4) is 0 Å². The van der Waals surface area contributed by atoms with Gasteiger partial charge in [-0.25, -0.2) is 0 Å². The molecule has 2 amide bonds. The molecule has 2 aliphatic rings. The highest BCUT2D eigenvalue weighted by Gasteiger charge is 2.22. The van der Waals surface area contributed by atoms with E-state index in [0.717, 1.165) is 45.0 Å². The van der Waals surface area contributed by atoms with Crippen LogP contribution in [-0.2, 0) is 4.79 Å². The molecule has 0 aromatic heterocycles. The lowest BCUT2D eigenvalue weighted by Crippen LogP contribution is -2.47. The van der Waals surface area contributed by atoms with E-state index in [-0.39, 0.29) is 36.6 Å². The number of benzene rings is 1. The van der Waals surface area contributed by atoms with E-state index in [0.29, 0.717) is 23.8 Å². The molecule has 0 bridgehead atoms. The molecule has 3 rings (SSSR count). The molecule has 1 aromatic rings. The number of nitrogens with zero attached hydrogens (tertiary/aromatic N) is 2. The van der Waals surface area contributed by atoms with Gasteiger partial charge in [-0.1, -0.05) is 6.92 Å². The van der Waals surface area contributed by atoms with Crippen molar-refractivity contribution in [2.75, 3.05) is 51.6 Å². The number of amides is 2. The minimum Gasteiger partial charge on any atom is -0.336 e. The number of carbonyl (C=O) groups excluding carboxylic acids is 2. The third-order valence-corrected chi connectivity index (χ3v) is 5.85. The average Bonchev–Trinajstić information content (AvgIpc) is 2.69. The lowest BCUT2D eigenvalue weighted by Gasteiger charge is -2.32. The van der Waals surface area contributed by atoms with Gasteiger partial charge in [0.15, 0.2) is 0 Å². The number of carbonyl (C=O) groups is 2. The zero-order chi connectivity index (χ0) is 19.2. The van der Waals surface area contributed by atoms with Crippen molar-refractivity contribution in [3.05, 3.63) is 29.8 Å². The van der Waals surface area contributed by atoms with Gasteiger partial charge in [-0.2, -0.15) is 0 Å². The molecule has 6 nitrogen and oxygen atoms in total. The van der Waals surface area contributed by atoms with Gasteiger partial charge in [0.1, 0.15) is 0 Å². The monoisotopic (exact) mass is 444 g/mol. The predicted molar refractivity (Wildman–Crippen MR) is 122 cm³/mol. The predicted octanol–water partition coefficient (Wildman–Crippen LogP) is 2.88. The summed E-state index contributed by atoms with van der Waals surface area (Å²) in [6, 6.07) is 7.28. The van der Waals surface area contributed by atoms with Gasteiger partial charge in [-0.3, -0.25) is 9.59 Å². The van der Waals surface area contributed by atoms with Crippen molar-refractivity contribution in [2.45, 2.75) is 26.2 Å². The Hall–Kier alpha value is -1.34. The van der Waals surface area contributed by atoms with Crippen molar-refractivity contribution in [3.63, 3.8) is 0 Å². The highest BCUT2D eigenvalue weighted by Crippen LogP contribution is 2.23. The summed E-state index contributed by atoms with van der Waals surface area (Å²) >= 11 is 0. The van der Waals surface area contributed by atoms with Crippen LogP contribution in [-0.4, -0.2) is 67.9 Å². The first kappa shape index (κ1) is 25.7. The largest absolute Gasteiger partial charge is 0.336 e. The number of piperidine rings is 1. The first-order valence-electron chi connectivity index (χ1n) is 10.1. The van der Waals surface area contributed by atoms with Crippen molar-refractivity contribution in [1.29, 1.82) is 0 Å². The van der Waals surface area contributed by atoms with Gasteiger partial charge in [0, 0.05) is 43.9 Å². The van der Waals surface area contributed by atoms with Gasteiger partial charge in [-0.05, 0) is 69.1 Å². The van der Waals surface area contributed by atoms with E-state index >= 15 is 0 Å². The van der Waals surface area contributed by atoms with Crippen LogP contribution in [0.25, 0.3) is 0 Å². The van der Waals surface area contributed by atoms with E-state index in [2.05, 4.69) is 29.5 Å². The molecule has 2 unspecified atom stereocenters. The summed E-state index contributed by atoms with van der Waals surface area (Å²) < 4.78 is 0. The Morgan fingerprint density at radius 2 is 1.79 bits per heavy atom. The molecule has 2 heterocycles. The van der Waals surface area contributed by atoms with Crippen LogP contribution in [0.2, 0.25) is 0 Å². The summed E-state index contributed by atoms with van der Waals surface area (Å²) in [4.78, 5) is 29.1. The molecular weight excluding hydrogens is 411 g/mol. The van der Waals surface area contributed by atoms with Crippen LogP contribution in [0.4, 0.5) is 5.69 Å². The fraction of sp³-hybridized carbons (Fsp3) is 0.619. The molecule has 0 aliphatic carbocycles. The van der Waals surface area contributed by atoms with E-state index < -0.39 is 0 Å². The first-order chi connectivity index (χ1) is 13.0. The summed E-state index contributed by atoms with van der Waals surface area (Å²) in [6.07, 6.45) is 2.93. The van der Waals surface area contributed by atoms with Crippen LogP contribution in [0.1, 0.15) is 36.5 Å². The second-order valence-corrected chi connectivity index (χ2v) is 8.01. The molecule has 2 aliphatic heterocycles. The number of nitrogens with one attached hydrogen (secondary N) is 2. The summed E-state index contributed by atoms with van der Waals surface area (Å²) in [5, 5.41) is 6.39. The molecular formula is C21H34Cl2N4O2. The summed E-state index contributed by atoms with van der Waals surface area (Å²) in [5.41, 5.74) is 1.43. The van der Waals surface area contributed by atoms with Crippen molar-refractivity contribution in [2.24, 2.45) is 11.8 Å². The molecule has 164 valence electrons. The van der Waals surface area contributed by atoms with Crippen LogP contribution >= 0.6 is 24.8 Å². The zero-order valence-electron chi connectivity index (χ0n) is 17.4. The molecule has 8 heteroatoms. The molecule has 2 atom stereocenters. The number of anilines is 1. The Morgan fingerprint density at radius 3 is 2.38 bits per heavy atom. The number of piperazine rings is 1. The quantitative estimate of drug-likeness (QED) is 0.732. The molecule has 2 saturated heterocycles. The SMILES string of the molecule is CC(CC(=O)Nc1ccc(C(=O)N2CCN(C)CC2)cc1)C1CCCNC1.Cl.Cl. The maximum atomic E-state index is 12.6. The Kier molecular flexibility index (Phi) is 11.0. The van der Waals surface area contributed by atoms with Gasteiger partial charge in [0.2, 0.25) is 5.91 Å². The van der Waals surface area contributed by atoms with Crippen LogP contribution < -0.4 is 10.6 Å². The normalized spacial score (nSPS) is 20.8. The molecule has 2 fully saturated rings. The average molecular weight is 445 g/mol. The van der Waals surface area contributed by atoms with Crippen LogP contribution in [0.5, 0.6) is 0 Å². The Balaban J connectivity index is 0.00000210. The van der Waals surface area contributed by atoms with E-state index in [1.165, 1.54) is 12.8 Å². The molecule has 29 heavy (non-hydrogen) atoms. The lowest BCUT2D eigenvalue weighted by atomic mass is 9.85. The second kappa shape index (κ2) is 12.4. The minimum atomic E-state index is 0. The topological polar surface area (TPSA) is 64.7 Å². The molecule has 0 radical (unpaired) electrons. The van der Waals surface area contributed by atoms with Gasteiger partial charge < -0.3 is 20.4 Å². The molecule has 1 aromatic carbocycles. The van der Waals surface area contributed by atoms with E-state index in [1.807, 2.05) is 29.2 Å². The number of hydrogen-bond acceptors (Lipinski definition) is 4. The zero-order valence-corrected chi connectivity index (χ0v) is 19.0. The maximum Gasteiger partial charge on any atom is 0.253 e. The van der Waals surface area contributed by atoms with Crippen molar-refractivity contribution in [1.82, 2.24) is 15.1 Å². The highest BCUT2D eigenvalue weighted by molar-refractivity contribution is 5.96. The highest BCUT2D eigenvalue weighted by atomic mass is 35.5. The summed E-state index contributed by atoms with van der Waals surface area (Å²) in [6.45, 7) is 7.62. The smallest absolute Gasteiger partial charge is 0.253 e. The Bertz CT molecular complexity index is 643. The third kappa shape index (κ3) is 7.45. The molecule has 2 N–H and O–H groups in total. The maximum absolute atomic E-state index is 12.6. The molecule has 0 saturated carbocycles.